The molecule has 11 heteroatoms. The number of carbonyl (C=O) groups is 2. The molecule has 156 valence electrons. The zero-order valence-electron chi connectivity index (χ0n) is 14.9. The Labute approximate surface area is 166 Å². The van der Waals surface area contributed by atoms with Crippen LogP contribution in [0.5, 0.6) is 5.88 Å². The van der Waals surface area contributed by atoms with Crippen molar-refractivity contribution < 1.29 is 37.4 Å². The summed E-state index contributed by atoms with van der Waals surface area (Å²) in [5, 5.41) is 24.9. The molecule has 0 fully saturated rings. The van der Waals surface area contributed by atoms with Gasteiger partial charge in [0.15, 0.2) is 11.5 Å². The van der Waals surface area contributed by atoms with E-state index in [2.05, 4.69) is 10.4 Å². The highest BCUT2D eigenvalue weighted by Crippen LogP contribution is 2.24. The molecule has 3 aromatic rings. The number of nitrogens with zero attached hydrogens (tertiary/aromatic N) is 2. The van der Waals surface area contributed by atoms with Gasteiger partial charge in [0.05, 0.1) is 12.5 Å². The van der Waals surface area contributed by atoms with Gasteiger partial charge in [-0.15, -0.1) is 0 Å². The van der Waals surface area contributed by atoms with E-state index in [9.17, 15) is 32.3 Å². The molecular formula is C19H13F4N3O4. The molecule has 0 saturated carbocycles. The quantitative estimate of drug-likeness (QED) is 0.529. The van der Waals surface area contributed by atoms with Gasteiger partial charge >= 0.3 is 5.97 Å². The number of amides is 1. The van der Waals surface area contributed by atoms with Crippen molar-refractivity contribution in [2.24, 2.45) is 0 Å². The Hall–Kier alpha value is -3.89. The molecule has 0 aliphatic rings. The fraction of sp³-hybridized carbons (Fsp3) is 0.105. The van der Waals surface area contributed by atoms with Crippen LogP contribution in [0.25, 0.3) is 5.69 Å². The first-order valence-electron chi connectivity index (χ1n) is 8.37. The second-order valence-corrected chi connectivity index (χ2v) is 6.19. The maximum absolute atomic E-state index is 14.0. The van der Waals surface area contributed by atoms with E-state index in [4.69, 9.17) is 5.11 Å². The van der Waals surface area contributed by atoms with Crippen molar-refractivity contribution in [3.63, 3.8) is 0 Å². The summed E-state index contributed by atoms with van der Waals surface area (Å²) in [4.78, 5) is 23.6. The molecule has 3 N–H and O–H groups in total. The molecule has 1 amide bonds. The van der Waals surface area contributed by atoms with E-state index >= 15 is 0 Å². The van der Waals surface area contributed by atoms with Crippen molar-refractivity contribution in [3.05, 3.63) is 77.0 Å². The predicted molar refractivity (Wildman–Crippen MR) is 94.0 cm³/mol. The third-order valence-corrected chi connectivity index (χ3v) is 4.08. The summed E-state index contributed by atoms with van der Waals surface area (Å²) in [6.45, 7) is 0. The van der Waals surface area contributed by atoms with Gasteiger partial charge < -0.3 is 15.5 Å². The van der Waals surface area contributed by atoms with Crippen LogP contribution in [-0.4, -0.2) is 31.9 Å². The number of hydrogen-bond donors (Lipinski definition) is 3. The van der Waals surface area contributed by atoms with Crippen molar-refractivity contribution in [2.45, 2.75) is 12.5 Å². The van der Waals surface area contributed by atoms with Crippen molar-refractivity contribution in [3.8, 4) is 11.6 Å². The van der Waals surface area contributed by atoms with E-state index in [1.54, 1.807) is 0 Å². The van der Waals surface area contributed by atoms with Crippen LogP contribution in [0.3, 0.4) is 0 Å². The van der Waals surface area contributed by atoms with E-state index in [1.807, 2.05) is 0 Å². The molecule has 0 radical (unpaired) electrons. The molecule has 1 aromatic heterocycles. The fourth-order valence-electron chi connectivity index (χ4n) is 2.74. The van der Waals surface area contributed by atoms with Crippen molar-refractivity contribution in [2.75, 3.05) is 0 Å². The SMILES string of the molecule is O=C(O)CC(NC(=O)c1cc(O)n(-c2ccc(F)cc2F)n1)c1cc(F)ccc1F. The second-order valence-electron chi connectivity index (χ2n) is 6.19. The lowest BCUT2D eigenvalue weighted by Crippen LogP contribution is -2.31. The first kappa shape index (κ1) is 20.8. The van der Waals surface area contributed by atoms with Gasteiger partial charge in [0.2, 0.25) is 5.88 Å². The van der Waals surface area contributed by atoms with E-state index < -0.39 is 64.7 Å². The number of hydrogen-bond acceptors (Lipinski definition) is 4. The number of nitrogens with one attached hydrogen (secondary N) is 1. The molecule has 0 aliphatic carbocycles. The number of carbonyl (C=O) groups excluding carboxylic acids is 1. The molecule has 0 bridgehead atoms. The highest BCUT2D eigenvalue weighted by atomic mass is 19.1. The molecule has 0 aliphatic heterocycles. The molecule has 0 saturated heterocycles. The molecule has 0 spiro atoms. The summed E-state index contributed by atoms with van der Waals surface area (Å²) in [5.74, 6) is -6.82. The maximum atomic E-state index is 14.0. The molecule has 3 rings (SSSR count). The number of aromatic nitrogens is 2. The number of benzene rings is 2. The Bertz CT molecular complexity index is 1130. The topological polar surface area (TPSA) is 104 Å². The van der Waals surface area contributed by atoms with Crippen molar-refractivity contribution in [1.29, 1.82) is 0 Å². The summed E-state index contributed by atoms with van der Waals surface area (Å²) < 4.78 is 55.1. The smallest absolute Gasteiger partial charge is 0.305 e. The number of carboxylic acids is 1. The van der Waals surface area contributed by atoms with Crippen molar-refractivity contribution in [1.82, 2.24) is 15.1 Å². The third kappa shape index (κ3) is 4.40. The van der Waals surface area contributed by atoms with Crippen LogP contribution < -0.4 is 5.32 Å². The predicted octanol–water partition coefficient (Wildman–Crippen LogP) is 3.08. The zero-order valence-corrected chi connectivity index (χ0v) is 14.9. The van der Waals surface area contributed by atoms with Gasteiger partial charge in [-0.3, -0.25) is 9.59 Å². The van der Waals surface area contributed by atoms with Crippen LogP contribution in [0.15, 0.2) is 42.5 Å². The number of rotatable bonds is 6. The lowest BCUT2D eigenvalue weighted by atomic mass is 10.0. The van der Waals surface area contributed by atoms with E-state index in [1.165, 1.54) is 0 Å². The molecule has 2 aromatic carbocycles. The zero-order chi connectivity index (χ0) is 22.0. The van der Waals surface area contributed by atoms with Crippen LogP contribution in [0.4, 0.5) is 17.6 Å². The van der Waals surface area contributed by atoms with E-state index in [0.29, 0.717) is 10.7 Å². The highest BCUT2D eigenvalue weighted by molar-refractivity contribution is 5.93. The highest BCUT2D eigenvalue weighted by Gasteiger charge is 2.25. The summed E-state index contributed by atoms with van der Waals surface area (Å²) in [7, 11) is 0. The number of carboxylic acid groups (broad SMARTS) is 1. The second kappa shape index (κ2) is 8.23. The first-order chi connectivity index (χ1) is 14.2. The summed E-state index contributed by atoms with van der Waals surface area (Å²) in [5.41, 5.74) is -1.23. The molecule has 30 heavy (non-hydrogen) atoms. The minimum Gasteiger partial charge on any atom is -0.493 e. The minimum absolute atomic E-state index is 0.355. The lowest BCUT2D eigenvalue weighted by molar-refractivity contribution is -0.137. The summed E-state index contributed by atoms with van der Waals surface area (Å²) in [6, 6.07) is 4.18. The standard InChI is InChI=1S/C19H13F4N3O4/c20-9-1-3-12(22)11(5-9)14(8-18(28)29)24-19(30)15-7-17(27)26(25-15)16-4-2-10(21)6-13(16)23/h1-7,14,27H,8H2,(H,24,30)(H,28,29). The van der Waals surface area contributed by atoms with Gasteiger partial charge in [0, 0.05) is 17.7 Å². The normalized spacial score (nSPS) is 11.9. The molecular weight excluding hydrogens is 410 g/mol. The average molecular weight is 423 g/mol. The van der Waals surface area contributed by atoms with Gasteiger partial charge in [-0.25, -0.2) is 17.6 Å². The Morgan fingerprint density at radius 2 is 1.67 bits per heavy atom. The van der Waals surface area contributed by atoms with Gasteiger partial charge in [-0.05, 0) is 30.3 Å². The fourth-order valence-corrected chi connectivity index (χ4v) is 2.74. The molecule has 1 unspecified atom stereocenters. The van der Waals surface area contributed by atoms with Crippen LogP contribution in [-0.2, 0) is 4.79 Å². The monoisotopic (exact) mass is 423 g/mol. The minimum atomic E-state index is -1.46. The van der Waals surface area contributed by atoms with Crippen molar-refractivity contribution >= 4 is 11.9 Å². The van der Waals surface area contributed by atoms with Gasteiger partial charge in [-0.1, -0.05) is 0 Å². The lowest BCUT2D eigenvalue weighted by Gasteiger charge is -2.17. The van der Waals surface area contributed by atoms with Crippen LogP contribution in [0.1, 0.15) is 28.5 Å². The molecule has 1 heterocycles. The van der Waals surface area contributed by atoms with E-state index in [0.717, 1.165) is 36.4 Å². The largest absolute Gasteiger partial charge is 0.493 e. The Morgan fingerprint density at radius 3 is 2.33 bits per heavy atom. The van der Waals surface area contributed by atoms with Gasteiger partial charge in [-0.2, -0.15) is 9.78 Å². The van der Waals surface area contributed by atoms with Crippen LogP contribution in [0, 0.1) is 23.3 Å². The summed E-state index contributed by atoms with van der Waals surface area (Å²) >= 11 is 0. The number of aromatic hydroxyl groups is 1. The first-order valence-corrected chi connectivity index (χ1v) is 8.37. The third-order valence-electron chi connectivity index (χ3n) is 4.08. The van der Waals surface area contributed by atoms with Gasteiger partial charge in [0.25, 0.3) is 5.91 Å². The number of halogens is 4. The Kier molecular flexibility index (Phi) is 5.72. The summed E-state index contributed by atoms with van der Waals surface area (Å²) in [6.07, 6.45) is -0.772. The van der Waals surface area contributed by atoms with Crippen LogP contribution >= 0.6 is 0 Å². The van der Waals surface area contributed by atoms with E-state index in [-0.39, 0.29) is 5.69 Å². The molecule has 1 atom stereocenters. The Balaban J connectivity index is 1.91. The van der Waals surface area contributed by atoms with Crippen LogP contribution in [0.2, 0.25) is 0 Å². The number of aliphatic carboxylic acids is 1. The maximum Gasteiger partial charge on any atom is 0.305 e. The average Bonchev–Trinajstić information content (AvgIpc) is 3.04. The van der Waals surface area contributed by atoms with Gasteiger partial charge in [0.1, 0.15) is 23.1 Å². The molecule has 7 nitrogen and oxygen atoms in total. The Morgan fingerprint density at radius 1 is 1.00 bits per heavy atom.